The molecule has 0 atom stereocenters. The zero-order valence-electron chi connectivity index (χ0n) is 18.9. The number of alkyl halides is 1. The van der Waals surface area contributed by atoms with Gasteiger partial charge in [0.25, 0.3) is 5.91 Å². The molecule has 1 aliphatic rings. The summed E-state index contributed by atoms with van der Waals surface area (Å²) in [5.74, 6) is -0.0853. The summed E-state index contributed by atoms with van der Waals surface area (Å²) in [6.45, 7) is 5.89. The molecule has 6 nitrogen and oxygen atoms in total. The van der Waals surface area contributed by atoms with Gasteiger partial charge < -0.3 is 9.64 Å². The van der Waals surface area contributed by atoms with Gasteiger partial charge in [0, 0.05) is 30.1 Å². The molecule has 0 amide bonds. The number of hydrogen-bond donors (Lipinski definition) is 0. The number of ether oxygens (including phenoxy) is 1. The number of aromatic nitrogens is 3. The first-order valence-electron chi connectivity index (χ1n) is 11.1. The molecule has 8 heteroatoms. The fourth-order valence-corrected chi connectivity index (χ4v) is 4.05. The van der Waals surface area contributed by atoms with Crippen molar-refractivity contribution in [2.45, 2.75) is 32.4 Å². The number of hydrogen-bond acceptors (Lipinski definition) is 5. The average molecular weight is 455 g/mol. The highest BCUT2D eigenvalue weighted by Crippen LogP contribution is 2.24. The van der Waals surface area contributed by atoms with Crippen LogP contribution in [-0.4, -0.2) is 57.3 Å². The molecule has 0 N–H and O–H groups in total. The maximum Gasteiger partial charge on any atom is 0.261 e. The molecule has 0 radical (unpaired) electrons. The van der Waals surface area contributed by atoms with E-state index in [4.69, 9.17) is 4.74 Å². The van der Waals surface area contributed by atoms with Crippen LogP contribution in [0, 0.1) is 11.7 Å². The van der Waals surface area contributed by atoms with Crippen LogP contribution in [-0.2, 0) is 0 Å². The predicted octanol–water partition coefficient (Wildman–Crippen LogP) is 4.61. The molecule has 3 heterocycles. The van der Waals surface area contributed by atoms with Crippen LogP contribution in [0.25, 0.3) is 11.3 Å². The van der Waals surface area contributed by atoms with Gasteiger partial charge in [-0.3, -0.25) is 9.36 Å². The summed E-state index contributed by atoms with van der Waals surface area (Å²) in [4.78, 5) is 23.1. The Labute approximate surface area is 192 Å². The Morgan fingerprint density at radius 1 is 1.15 bits per heavy atom. The van der Waals surface area contributed by atoms with E-state index in [9.17, 15) is 13.6 Å². The van der Waals surface area contributed by atoms with E-state index in [1.54, 1.807) is 44.4 Å². The third-order valence-electron chi connectivity index (χ3n) is 5.73. The minimum absolute atomic E-state index is 0.251. The second-order valence-electron chi connectivity index (χ2n) is 9.08. The van der Waals surface area contributed by atoms with Crippen molar-refractivity contribution in [3.8, 4) is 17.1 Å². The average Bonchev–Trinajstić information content (AvgIpc) is 3.32. The van der Waals surface area contributed by atoms with Gasteiger partial charge in [0.1, 0.15) is 11.5 Å². The van der Waals surface area contributed by atoms with Crippen LogP contribution in [0.2, 0.25) is 0 Å². The Balaban J connectivity index is 1.32. The van der Waals surface area contributed by atoms with Crippen LogP contribution >= 0.6 is 0 Å². The predicted molar refractivity (Wildman–Crippen MR) is 121 cm³/mol. The molecule has 2 aromatic heterocycles. The Morgan fingerprint density at radius 3 is 2.48 bits per heavy atom. The monoisotopic (exact) mass is 454 g/mol. The number of likely N-dealkylation sites (tertiary alicyclic amines) is 1. The van der Waals surface area contributed by atoms with E-state index in [0.717, 1.165) is 25.9 Å². The second-order valence-corrected chi connectivity index (χ2v) is 9.08. The smallest absolute Gasteiger partial charge is 0.261 e. The van der Waals surface area contributed by atoms with Crippen molar-refractivity contribution in [1.82, 2.24) is 19.4 Å². The largest absolute Gasteiger partial charge is 0.476 e. The lowest BCUT2D eigenvalue weighted by atomic mass is 9.97. The Morgan fingerprint density at radius 2 is 1.88 bits per heavy atom. The number of nitrogens with zero attached hydrogens (tertiary/aromatic N) is 4. The molecule has 0 aliphatic carbocycles. The minimum Gasteiger partial charge on any atom is -0.476 e. The van der Waals surface area contributed by atoms with Gasteiger partial charge in [-0.25, -0.2) is 18.7 Å². The molecular weight excluding hydrogens is 426 g/mol. The fraction of sp³-hybridized carbons (Fsp3) is 0.400. The molecule has 3 aromatic rings. The molecule has 4 rings (SSSR count). The van der Waals surface area contributed by atoms with E-state index in [1.807, 2.05) is 0 Å². The number of benzene rings is 1. The fourth-order valence-electron chi connectivity index (χ4n) is 4.05. The van der Waals surface area contributed by atoms with Crippen LogP contribution < -0.4 is 4.74 Å². The number of rotatable bonds is 7. The van der Waals surface area contributed by atoms with Gasteiger partial charge in [-0.05, 0) is 76.0 Å². The quantitative estimate of drug-likeness (QED) is 0.522. The molecule has 1 fully saturated rings. The zero-order chi connectivity index (χ0) is 23.4. The summed E-state index contributed by atoms with van der Waals surface area (Å²) in [5, 5.41) is 0. The molecule has 0 spiro atoms. The molecule has 0 saturated carbocycles. The second kappa shape index (κ2) is 9.79. The molecule has 1 saturated heterocycles. The van der Waals surface area contributed by atoms with Crippen molar-refractivity contribution in [3.05, 3.63) is 66.5 Å². The molecule has 1 aliphatic heterocycles. The van der Waals surface area contributed by atoms with E-state index in [0.29, 0.717) is 30.6 Å². The summed E-state index contributed by atoms with van der Waals surface area (Å²) in [6.07, 6.45) is 8.07. The Hall–Kier alpha value is -3.13. The normalized spacial score (nSPS) is 15.5. The van der Waals surface area contributed by atoms with Gasteiger partial charge >= 0.3 is 0 Å². The molecule has 0 bridgehead atoms. The highest BCUT2D eigenvalue weighted by Gasteiger charge is 2.25. The third kappa shape index (κ3) is 6.01. The first-order chi connectivity index (χ1) is 15.8. The van der Waals surface area contributed by atoms with Crippen molar-refractivity contribution >= 4 is 5.91 Å². The minimum atomic E-state index is -1.18. The standard InChI is InChI=1S/C25H28F2N4O2/c1-25(2,27)17-30-11-7-18(8-12-30)16-33-23-15-28-22(14-29-23)20-6-5-19(13-21(20)26)24(32)31-9-3-4-10-31/h3-6,9-10,13-15,18H,7-8,11-12,16-17H2,1-2H3. The summed E-state index contributed by atoms with van der Waals surface area (Å²) in [5.41, 5.74) is -0.303. The van der Waals surface area contributed by atoms with Gasteiger partial charge in [-0.2, -0.15) is 0 Å². The van der Waals surface area contributed by atoms with Crippen molar-refractivity contribution in [2.75, 3.05) is 26.2 Å². The zero-order valence-corrected chi connectivity index (χ0v) is 18.9. The van der Waals surface area contributed by atoms with Gasteiger partial charge in [-0.1, -0.05) is 0 Å². The van der Waals surface area contributed by atoms with Crippen LogP contribution in [0.4, 0.5) is 8.78 Å². The maximum absolute atomic E-state index is 14.7. The Bertz CT molecular complexity index is 1070. The number of carbonyl (C=O) groups is 1. The first-order valence-corrected chi connectivity index (χ1v) is 11.1. The highest BCUT2D eigenvalue weighted by atomic mass is 19.1. The van der Waals surface area contributed by atoms with E-state index in [2.05, 4.69) is 14.9 Å². The number of carbonyl (C=O) groups excluding carboxylic acids is 1. The van der Waals surface area contributed by atoms with Gasteiger partial charge in [0.15, 0.2) is 0 Å². The molecule has 174 valence electrons. The number of halogens is 2. The summed E-state index contributed by atoms with van der Waals surface area (Å²) in [6, 6.07) is 7.78. The van der Waals surface area contributed by atoms with E-state index < -0.39 is 11.5 Å². The molecular formula is C25H28F2N4O2. The summed E-state index contributed by atoms with van der Waals surface area (Å²) >= 11 is 0. The summed E-state index contributed by atoms with van der Waals surface area (Å²) in [7, 11) is 0. The van der Waals surface area contributed by atoms with Crippen molar-refractivity contribution in [3.63, 3.8) is 0 Å². The lowest BCUT2D eigenvalue weighted by Crippen LogP contribution is -2.41. The molecule has 0 unspecified atom stereocenters. The highest BCUT2D eigenvalue weighted by molar-refractivity contribution is 5.96. The van der Waals surface area contributed by atoms with Crippen LogP contribution in [0.1, 0.15) is 37.0 Å². The van der Waals surface area contributed by atoms with E-state index >= 15 is 0 Å². The van der Waals surface area contributed by atoms with E-state index in [1.165, 1.54) is 29.1 Å². The lowest BCUT2D eigenvalue weighted by Gasteiger charge is -2.34. The molecule has 33 heavy (non-hydrogen) atoms. The third-order valence-corrected chi connectivity index (χ3v) is 5.73. The van der Waals surface area contributed by atoms with Crippen LogP contribution in [0.15, 0.2) is 55.1 Å². The van der Waals surface area contributed by atoms with Gasteiger partial charge in [-0.15, -0.1) is 0 Å². The number of piperidine rings is 1. The molecule has 1 aromatic carbocycles. The van der Waals surface area contributed by atoms with E-state index in [-0.39, 0.29) is 17.0 Å². The maximum atomic E-state index is 14.7. The lowest BCUT2D eigenvalue weighted by molar-refractivity contribution is 0.0829. The topological polar surface area (TPSA) is 60.2 Å². The Kier molecular flexibility index (Phi) is 6.83. The van der Waals surface area contributed by atoms with Crippen molar-refractivity contribution < 1.29 is 18.3 Å². The van der Waals surface area contributed by atoms with Crippen LogP contribution in [0.5, 0.6) is 5.88 Å². The SMILES string of the molecule is CC(C)(F)CN1CCC(COc2cnc(-c3ccc(C(=O)n4cccc4)cc3F)cn2)CC1. The summed E-state index contributed by atoms with van der Waals surface area (Å²) < 4.78 is 35.7. The van der Waals surface area contributed by atoms with Crippen molar-refractivity contribution in [1.29, 1.82) is 0 Å². The van der Waals surface area contributed by atoms with Gasteiger partial charge in [0.05, 0.1) is 24.7 Å². The van der Waals surface area contributed by atoms with Crippen molar-refractivity contribution in [2.24, 2.45) is 5.92 Å². The first kappa shape index (κ1) is 23.0. The van der Waals surface area contributed by atoms with Crippen LogP contribution in [0.3, 0.4) is 0 Å². The van der Waals surface area contributed by atoms with Gasteiger partial charge in [0.2, 0.25) is 5.88 Å².